The van der Waals surface area contributed by atoms with Crippen molar-refractivity contribution < 1.29 is 23.5 Å². The molecule has 1 atom stereocenters. The summed E-state index contributed by atoms with van der Waals surface area (Å²) >= 11 is 0. The number of amides is 2. The van der Waals surface area contributed by atoms with Crippen molar-refractivity contribution in [3.63, 3.8) is 0 Å². The van der Waals surface area contributed by atoms with Crippen LogP contribution in [-0.2, 0) is 9.53 Å². The van der Waals surface area contributed by atoms with Gasteiger partial charge >= 0.3 is 0 Å². The highest BCUT2D eigenvalue weighted by atomic mass is 19.1. The Labute approximate surface area is 168 Å². The maximum absolute atomic E-state index is 13.3. The number of anilines is 1. The second-order valence-electron chi connectivity index (χ2n) is 7.46. The fourth-order valence-corrected chi connectivity index (χ4v) is 4.08. The molecule has 2 aromatic rings. The molecule has 2 amide bonds. The summed E-state index contributed by atoms with van der Waals surface area (Å²) in [4.78, 5) is 29.0. The molecule has 4 rings (SSSR count). The number of benzene rings is 2. The highest BCUT2D eigenvalue weighted by Gasteiger charge is 2.44. The molecule has 2 fully saturated rings. The monoisotopic (exact) mass is 398 g/mol. The Morgan fingerprint density at radius 3 is 2.66 bits per heavy atom. The normalized spacial score (nSPS) is 22.1. The number of nitrogens with zero attached hydrogens (tertiary/aromatic N) is 2. The van der Waals surface area contributed by atoms with Crippen LogP contribution in [0.3, 0.4) is 0 Å². The Kier molecular flexibility index (Phi) is 5.24. The number of para-hydroxylation sites is 1. The van der Waals surface area contributed by atoms with Crippen LogP contribution in [0, 0.1) is 5.82 Å². The minimum Gasteiger partial charge on any atom is -0.496 e. The number of likely N-dealkylation sites (tertiary alicyclic amines) is 1. The summed E-state index contributed by atoms with van der Waals surface area (Å²) < 4.78 is 24.6. The van der Waals surface area contributed by atoms with Gasteiger partial charge in [0.25, 0.3) is 11.8 Å². The molecule has 0 N–H and O–H groups in total. The van der Waals surface area contributed by atoms with E-state index in [0.29, 0.717) is 36.6 Å². The Morgan fingerprint density at radius 1 is 1.14 bits per heavy atom. The summed E-state index contributed by atoms with van der Waals surface area (Å²) in [5.74, 6) is -0.106. The summed E-state index contributed by atoms with van der Waals surface area (Å²) in [6, 6.07) is 13.0. The summed E-state index contributed by atoms with van der Waals surface area (Å²) in [6.07, 6.45) is 1.51. The molecule has 2 aliphatic rings. The smallest absolute Gasteiger partial charge is 0.257 e. The summed E-state index contributed by atoms with van der Waals surface area (Å²) in [6.45, 7) is 1.27. The molecule has 0 aliphatic carbocycles. The van der Waals surface area contributed by atoms with Gasteiger partial charge in [0.1, 0.15) is 23.8 Å². The van der Waals surface area contributed by atoms with Crippen molar-refractivity contribution in [1.29, 1.82) is 0 Å². The predicted octanol–water partition coefficient (Wildman–Crippen LogP) is 2.87. The SMILES string of the molecule is COc1ccccc1C(=O)N1CCCC2(C1)CN(c1ccc(F)cc1)C(=O)CO2. The number of rotatable bonds is 3. The molecule has 2 aromatic carbocycles. The van der Waals surface area contributed by atoms with E-state index in [9.17, 15) is 14.0 Å². The predicted molar refractivity (Wildman–Crippen MR) is 106 cm³/mol. The molecule has 1 unspecified atom stereocenters. The van der Waals surface area contributed by atoms with Gasteiger partial charge in [-0.1, -0.05) is 12.1 Å². The third kappa shape index (κ3) is 3.82. The van der Waals surface area contributed by atoms with Crippen LogP contribution >= 0.6 is 0 Å². The van der Waals surface area contributed by atoms with Crippen molar-refractivity contribution >= 4 is 17.5 Å². The summed E-state index contributed by atoms with van der Waals surface area (Å²) in [7, 11) is 1.54. The van der Waals surface area contributed by atoms with Crippen LogP contribution in [0.1, 0.15) is 23.2 Å². The number of hydrogen-bond donors (Lipinski definition) is 0. The van der Waals surface area contributed by atoms with E-state index in [4.69, 9.17) is 9.47 Å². The van der Waals surface area contributed by atoms with Gasteiger partial charge < -0.3 is 19.3 Å². The third-order valence-corrected chi connectivity index (χ3v) is 5.55. The number of morpholine rings is 1. The molecule has 1 spiro atoms. The van der Waals surface area contributed by atoms with Crippen LogP contribution in [0.25, 0.3) is 0 Å². The van der Waals surface area contributed by atoms with Crippen LogP contribution in [0.2, 0.25) is 0 Å². The fraction of sp³-hybridized carbons (Fsp3) is 0.364. The molecule has 0 aromatic heterocycles. The maximum Gasteiger partial charge on any atom is 0.257 e. The number of methoxy groups -OCH3 is 1. The van der Waals surface area contributed by atoms with E-state index < -0.39 is 5.60 Å². The van der Waals surface area contributed by atoms with Gasteiger partial charge in [0.05, 0.1) is 25.8 Å². The van der Waals surface area contributed by atoms with Crippen molar-refractivity contribution in [3.8, 4) is 5.75 Å². The van der Waals surface area contributed by atoms with Crippen LogP contribution in [0.15, 0.2) is 48.5 Å². The number of halogens is 1. The first-order valence-corrected chi connectivity index (χ1v) is 9.63. The van der Waals surface area contributed by atoms with E-state index in [1.165, 1.54) is 12.1 Å². The Bertz CT molecular complexity index is 917. The molecule has 2 heterocycles. The molecule has 6 nitrogen and oxygen atoms in total. The largest absolute Gasteiger partial charge is 0.496 e. The Morgan fingerprint density at radius 2 is 1.90 bits per heavy atom. The molecule has 2 saturated heterocycles. The Balaban J connectivity index is 1.55. The molecule has 0 saturated carbocycles. The minimum atomic E-state index is -0.641. The molecular weight excluding hydrogens is 375 g/mol. The lowest BCUT2D eigenvalue weighted by Gasteiger charge is -2.47. The van der Waals surface area contributed by atoms with E-state index >= 15 is 0 Å². The van der Waals surface area contributed by atoms with Crippen LogP contribution in [-0.4, -0.2) is 55.7 Å². The van der Waals surface area contributed by atoms with Crippen LogP contribution in [0.4, 0.5) is 10.1 Å². The standard InChI is InChI=1S/C22H23FN2O4/c1-28-19-6-3-2-5-18(19)21(27)24-12-4-11-22(14-24)15-25(20(26)13-29-22)17-9-7-16(23)8-10-17/h2-3,5-10H,4,11-15H2,1H3. The highest BCUT2D eigenvalue weighted by Crippen LogP contribution is 2.33. The number of carbonyl (C=O) groups excluding carboxylic acids is 2. The molecule has 29 heavy (non-hydrogen) atoms. The van der Waals surface area contributed by atoms with Gasteiger partial charge in [0, 0.05) is 12.2 Å². The Hall–Kier alpha value is -2.93. The molecule has 7 heteroatoms. The zero-order chi connectivity index (χ0) is 20.4. The lowest BCUT2D eigenvalue weighted by atomic mass is 9.90. The maximum atomic E-state index is 13.3. The average Bonchev–Trinajstić information content (AvgIpc) is 2.76. The molecular formula is C22H23FN2O4. The van der Waals surface area contributed by atoms with Crippen molar-refractivity contribution in [3.05, 3.63) is 59.9 Å². The van der Waals surface area contributed by atoms with Gasteiger partial charge in [-0.2, -0.15) is 0 Å². The van der Waals surface area contributed by atoms with Gasteiger partial charge in [0.2, 0.25) is 0 Å². The second-order valence-corrected chi connectivity index (χ2v) is 7.46. The van der Waals surface area contributed by atoms with Gasteiger partial charge in [-0.3, -0.25) is 9.59 Å². The number of ether oxygens (including phenoxy) is 2. The van der Waals surface area contributed by atoms with E-state index in [1.54, 1.807) is 41.2 Å². The fourth-order valence-electron chi connectivity index (χ4n) is 4.08. The van der Waals surface area contributed by atoms with E-state index in [1.807, 2.05) is 12.1 Å². The minimum absolute atomic E-state index is 0.0614. The zero-order valence-electron chi connectivity index (χ0n) is 16.3. The molecule has 152 valence electrons. The molecule has 2 aliphatic heterocycles. The van der Waals surface area contributed by atoms with Gasteiger partial charge in [-0.25, -0.2) is 4.39 Å². The topological polar surface area (TPSA) is 59.1 Å². The van der Waals surface area contributed by atoms with E-state index in [2.05, 4.69) is 0 Å². The number of piperidine rings is 1. The van der Waals surface area contributed by atoms with E-state index in [-0.39, 0.29) is 24.2 Å². The first-order chi connectivity index (χ1) is 14.0. The second kappa shape index (κ2) is 7.83. The quantitative estimate of drug-likeness (QED) is 0.798. The lowest BCUT2D eigenvalue weighted by Crippen LogP contribution is -2.62. The van der Waals surface area contributed by atoms with Crippen LogP contribution in [0.5, 0.6) is 5.75 Å². The van der Waals surface area contributed by atoms with Crippen molar-refractivity contribution in [1.82, 2.24) is 4.90 Å². The van der Waals surface area contributed by atoms with Gasteiger partial charge in [-0.15, -0.1) is 0 Å². The highest BCUT2D eigenvalue weighted by molar-refractivity contribution is 5.97. The van der Waals surface area contributed by atoms with Crippen LogP contribution < -0.4 is 9.64 Å². The molecule has 0 bridgehead atoms. The number of hydrogen-bond acceptors (Lipinski definition) is 4. The summed E-state index contributed by atoms with van der Waals surface area (Å²) in [5, 5.41) is 0. The van der Waals surface area contributed by atoms with Crippen molar-refractivity contribution in [2.24, 2.45) is 0 Å². The van der Waals surface area contributed by atoms with E-state index in [0.717, 1.165) is 12.8 Å². The average molecular weight is 398 g/mol. The van der Waals surface area contributed by atoms with Crippen molar-refractivity contribution in [2.75, 3.05) is 38.3 Å². The van der Waals surface area contributed by atoms with Crippen molar-refractivity contribution in [2.45, 2.75) is 18.4 Å². The first-order valence-electron chi connectivity index (χ1n) is 9.63. The van der Waals surface area contributed by atoms with Gasteiger partial charge in [0.15, 0.2) is 0 Å². The zero-order valence-corrected chi connectivity index (χ0v) is 16.3. The van der Waals surface area contributed by atoms with Gasteiger partial charge in [-0.05, 0) is 49.2 Å². The lowest BCUT2D eigenvalue weighted by molar-refractivity contribution is -0.144. The number of carbonyl (C=O) groups is 2. The molecule has 0 radical (unpaired) electrons. The summed E-state index contributed by atoms with van der Waals surface area (Å²) in [5.41, 5.74) is 0.500. The first kappa shape index (κ1) is 19.4. The third-order valence-electron chi connectivity index (χ3n) is 5.55.